The molecule has 0 fully saturated rings. The smallest absolute Gasteiger partial charge is 0.244 e. The third kappa shape index (κ3) is 3.48. The summed E-state index contributed by atoms with van der Waals surface area (Å²) in [6.45, 7) is 5.63. The fourth-order valence-corrected chi connectivity index (χ4v) is 3.71. The lowest BCUT2D eigenvalue weighted by atomic mass is 10.1. The van der Waals surface area contributed by atoms with Gasteiger partial charge in [0.15, 0.2) is 0 Å². The lowest BCUT2D eigenvalue weighted by Gasteiger charge is -2.17. The fourth-order valence-electron chi connectivity index (χ4n) is 2.24. The number of benzene rings is 2. The van der Waals surface area contributed by atoms with Gasteiger partial charge in [0.1, 0.15) is 10.6 Å². The van der Waals surface area contributed by atoms with Gasteiger partial charge in [-0.25, -0.2) is 13.1 Å². The van der Waals surface area contributed by atoms with Crippen LogP contribution in [-0.2, 0) is 10.0 Å². The predicted molar refractivity (Wildman–Crippen MR) is 87.6 cm³/mol. The number of hydrogen-bond acceptors (Lipinski definition) is 3. The molecule has 1 atom stereocenters. The highest BCUT2D eigenvalue weighted by Gasteiger charge is 2.23. The highest BCUT2D eigenvalue weighted by Crippen LogP contribution is 2.28. The van der Waals surface area contributed by atoms with Crippen LogP contribution in [-0.4, -0.2) is 15.5 Å². The van der Waals surface area contributed by atoms with Gasteiger partial charge in [0, 0.05) is 6.04 Å². The standard InChI is InChI=1S/C17H21NO3S/c1-12-10-16(21-4)17(11-13(12)2)22(19,20)18-14(3)15-8-6-5-7-9-15/h5-11,14,18H,1-4H3/t14-/m1/s1. The van der Waals surface area contributed by atoms with Crippen LogP contribution in [0.1, 0.15) is 29.7 Å². The molecular formula is C17H21NO3S. The molecule has 0 saturated carbocycles. The maximum absolute atomic E-state index is 12.7. The van der Waals surface area contributed by atoms with Crippen LogP contribution in [0.15, 0.2) is 47.4 Å². The Bertz CT molecular complexity index is 755. The lowest BCUT2D eigenvalue weighted by molar-refractivity contribution is 0.401. The number of methoxy groups -OCH3 is 1. The molecule has 0 saturated heterocycles. The molecule has 0 spiro atoms. The third-order valence-electron chi connectivity index (χ3n) is 3.70. The normalized spacial score (nSPS) is 12.9. The van der Waals surface area contributed by atoms with Crippen molar-refractivity contribution in [3.05, 3.63) is 59.2 Å². The van der Waals surface area contributed by atoms with Crippen LogP contribution in [0.5, 0.6) is 5.75 Å². The van der Waals surface area contributed by atoms with Gasteiger partial charge in [-0.15, -0.1) is 0 Å². The monoisotopic (exact) mass is 319 g/mol. The Morgan fingerprint density at radius 3 is 2.23 bits per heavy atom. The number of aryl methyl sites for hydroxylation is 2. The zero-order valence-electron chi connectivity index (χ0n) is 13.3. The van der Waals surface area contributed by atoms with Crippen LogP contribution in [0.25, 0.3) is 0 Å². The van der Waals surface area contributed by atoms with E-state index in [1.54, 1.807) is 12.1 Å². The van der Waals surface area contributed by atoms with Gasteiger partial charge in [0.05, 0.1) is 7.11 Å². The first-order chi connectivity index (χ1) is 10.3. The van der Waals surface area contributed by atoms with Crippen molar-refractivity contribution in [3.63, 3.8) is 0 Å². The minimum atomic E-state index is -3.66. The first kappa shape index (κ1) is 16.5. The average molecular weight is 319 g/mol. The summed E-state index contributed by atoms with van der Waals surface area (Å²) >= 11 is 0. The van der Waals surface area contributed by atoms with E-state index in [0.29, 0.717) is 5.75 Å². The summed E-state index contributed by atoms with van der Waals surface area (Å²) < 4.78 is 33.3. The first-order valence-electron chi connectivity index (χ1n) is 7.07. The molecule has 0 unspecified atom stereocenters. The largest absolute Gasteiger partial charge is 0.495 e. The molecule has 5 heteroatoms. The van der Waals surface area contributed by atoms with E-state index in [1.165, 1.54) is 7.11 Å². The summed E-state index contributed by atoms with van der Waals surface area (Å²) in [5.41, 5.74) is 2.81. The number of nitrogens with one attached hydrogen (secondary N) is 1. The Morgan fingerprint density at radius 2 is 1.64 bits per heavy atom. The number of hydrogen-bond donors (Lipinski definition) is 1. The average Bonchev–Trinajstić information content (AvgIpc) is 2.49. The maximum Gasteiger partial charge on any atom is 0.244 e. The summed E-state index contributed by atoms with van der Waals surface area (Å²) in [6, 6.07) is 12.5. The third-order valence-corrected chi connectivity index (χ3v) is 5.26. The lowest BCUT2D eigenvalue weighted by Crippen LogP contribution is -2.27. The van der Waals surface area contributed by atoms with Gasteiger partial charge in [-0.3, -0.25) is 0 Å². The van der Waals surface area contributed by atoms with Crippen LogP contribution >= 0.6 is 0 Å². The molecule has 0 heterocycles. The SMILES string of the molecule is COc1cc(C)c(C)cc1S(=O)(=O)N[C@H](C)c1ccccc1. The second-order valence-corrected chi connectivity index (χ2v) is 7.02. The van der Waals surface area contributed by atoms with Gasteiger partial charge in [-0.05, 0) is 49.6 Å². The Labute approximate surface area is 132 Å². The molecule has 118 valence electrons. The van der Waals surface area contributed by atoms with Crippen molar-refractivity contribution < 1.29 is 13.2 Å². The Hall–Kier alpha value is -1.85. The first-order valence-corrected chi connectivity index (χ1v) is 8.56. The quantitative estimate of drug-likeness (QED) is 0.919. The van der Waals surface area contributed by atoms with Crippen molar-refractivity contribution in [2.45, 2.75) is 31.7 Å². The van der Waals surface area contributed by atoms with Crippen molar-refractivity contribution in [2.75, 3.05) is 7.11 Å². The molecule has 2 rings (SSSR count). The highest BCUT2D eigenvalue weighted by atomic mass is 32.2. The Balaban J connectivity index is 2.37. The molecule has 2 aromatic carbocycles. The zero-order chi connectivity index (χ0) is 16.3. The minimum Gasteiger partial charge on any atom is -0.495 e. The molecule has 0 aliphatic carbocycles. The minimum absolute atomic E-state index is 0.167. The Kier molecular flexibility index (Phi) is 4.88. The van der Waals surface area contributed by atoms with E-state index in [0.717, 1.165) is 16.7 Å². The molecule has 0 amide bonds. The summed E-state index contributed by atoms with van der Waals surface area (Å²) in [4.78, 5) is 0.167. The van der Waals surface area contributed by atoms with Gasteiger partial charge < -0.3 is 4.74 Å². The summed E-state index contributed by atoms with van der Waals surface area (Å²) in [7, 11) is -2.19. The molecule has 0 bridgehead atoms. The molecule has 0 aromatic heterocycles. The van der Waals surface area contributed by atoms with E-state index in [9.17, 15) is 8.42 Å². The molecule has 2 aromatic rings. The Morgan fingerprint density at radius 1 is 1.05 bits per heavy atom. The van der Waals surface area contributed by atoms with Crippen molar-refractivity contribution >= 4 is 10.0 Å². The van der Waals surface area contributed by atoms with Gasteiger partial charge >= 0.3 is 0 Å². The van der Waals surface area contributed by atoms with E-state index in [1.807, 2.05) is 51.1 Å². The molecular weight excluding hydrogens is 298 g/mol. The van der Waals surface area contributed by atoms with Gasteiger partial charge in [0.25, 0.3) is 0 Å². The maximum atomic E-state index is 12.7. The molecule has 0 aliphatic heterocycles. The number of sulfonamides is 1. The fraction of sp³-hybridized carbons (Fsp3) is 0.294. The summed E-state index contributed by atoms with van der Waals surface area (Å²) in [5, 5.41) is 0. The van der Waals surface area contributed by atoms with Crippen LogP contribution in [0.4, 0.5) is 0 Å². The topological polar surface area (TPSA) is 55.4 Å². The van der Waals surface area contributed by atoms with Crippen molar-refractivity contribution in [1.82, 2.24) is 4.72 Å². The highest BCUT2D eigenvalue weighted by molar-refractivity contribution is 7.89. The zero-order valence-corrected chi connectivity index (χ0v) is 14.1. The van der Waals surface area contributed by atoms with Crippen LogP contribution in [0, 0.1) is 13.8 Å². The summed E-state index contributed by atoms with van der Waals surface area (Å²) in [6.07, 6.45) is 0. The second kappa shape index (κ2) is 6.50. The van der Waals surface area contributed by atoms with E-state index in [4.69, 9.17) is 4.74 Å². The van der Waals surface area contributed by atoms with E-state index >= 15 is 0 Å². The number of rotatable bonds is 5. The second-order valence-electron chi connectivity index (χ2n) is 5.34. The van der Waals surface area contributed by atoms with E-state index in [-0.39, 0.29) is 10.9 Å². The van der Waals surface area contributed by atoms with Crippen molar-refractivity contribution in [2.24, 2.45) is 0 Å². The summed E-state index contributed by atoms with van der Waals surface area (Å²) in [5.74, 6) is 0.357. The molecule has 0 radical (unpaired) electrons. The molecule has 4 nitrogen and oxygen atoms in total. The van der Waals surface area contributed by atoms with Crippen LogP contribution in [0.3, 0.4) is 0 Å². The van der Waals surface area contributed by atoms with Gasteiger partial charge in [-0.1, -0.05) is 30.3 Å². The van der Waals surface area contributed by atoms with E-state index in [2.05, 4.69) is 4.72 Å². The number of ether oxygens (including phenoxy) is 1. The molecule has 1 N–H and O–H groups in total. The van der Waals surface area contributed by atoms with Crippen LogP contribution in [0.2, 0.25) is 0 Å². The van der Waals surface area contributed by atoms with Gasteiger partial charge in [0.2, 0.25) is 10.0 Å². The predicted octanol–water partition coefficient (Wildman–Crippen LogP) is 3.35. The van der Waals surface area contributed by atoms with Crippen LogP contribution < -0.4 is 9.46 Å². The van der Waals surface area contributed by atoms with E-state index < -0.39 is 10.0 Å². The van der Waals surface area contributed by atoms with Crippen molar-refractivity contribution in [3.8, 4) is 5.75 Å². The molecule has 0 aliphatic rings. The van der Waals surface area contributed by atoms with Gasteiger partial charge in [-0.2, -0.15) is 0 Å². The molecule has 22 heavy (non-hydrogen) atoms. The van der Waals surface area contributed by atoms with Crippen molar-refractivity contribution in [1.29, 1.82) is 0 Å².